The fourth-order valence-corrected chi connectivity index (χ4v) is 2.76. The van der Waals surface area contributed by atoms with Gasteiger partial charge in [0, 0.05) is 33.5 Å². The Morgan fingerprint density at radius 1 is 1.13 bits per heavy atom. The van der Waals surface area contributed by atoms with Crippen LogP contribution in [0.25, 0.3) is 11.2 Å². The lowest BCUT2D eigenvalue weighted by Gasteiger charge is -2.06. The van der Waals surface area contributed by atoms with Crippen LogP contribution in [-0.2, 0) is 31.9 Å². The summed E-state index contributed by atoms with van der Waals surface area (Å²) in [6.45, 7) is 2.52. The highest BCUT2D eigenvalue weighted by atomic mass is 16.4. The van der Waals surface area contributed by atoms with Crippen LogP contribution in [0.3, 0.4) is 0 Å². The zero-order chi connectivity index (χ0) is 17.1. The van der Waals surface area contributed by atoms with Crippen molar-refractivity contribution in [3.8, 4) is 0 Å². The highest BCUT2D eigenvalue weighted by Crippen LogP contribution is 2.14. The quantitative estimate of drug-likeness (QED) is 0.754. The summed E-state index contributed by atoms with van der Waals surface area (Å²) in [5.74, 6) is -0.0274. The molecule has 0 saturated carbocycles. The number of hydrogen-bond donors (Lipinski definition) is 1. The van der Waals surface area contributed by atoms with Crippen LogP contribution in [0.1, 0.15) is 38.4 Å². The van der Waals surface area contributed by atoms with Crippen LogP contribution in [0.4, 0.5) is 0 Å². The van der Waals surface area contributed by atoms with Crippen LogP contribution in [0.15, 0.2) is 9.59 Å². The molecule has 0 spiro atoms. The normalized spacial score (nSPS) is 11.3. The van der Waals surface area contributed by atoms with Gasteiger partial charge in [-0.2, -0.15) is 0 Å². The van der Waals surface area contributed by atoms with E-state index in [0.717, 1.165) is 23.2 Å². The lowest BCUT2D eigenvalue weighted by molar-refractivity contribution is -0.137. The van der Waals surface area contributed by atoms with Crippen molar-refractivity contribution >= 4 is 17.1 Å². The number of nitrogens with zero attached hydrogens (tertiary/aromatic N) is 4. The Hall–Kier alpha value is -2.38. The van der Waals surface area contributed by atoms with Crippen molar-refractivity contribution < 1.29 is 9.90 Å². The molecule has 0 aromatic carbocycles. The first-order valence-corrected chi connectivity index (χ1v) is 7.75. The van der Waals surface area contributed by atoms with Gasteiger partial charge >= 0.3 is 11.7 Å². The number of carbonyl (C=O) groups is 1. The van der Waals surface area contributed by atoms with Crippen LogP contribution in [0, 0.1) is 0 Å². The van der Waals surface area contributed by atoms with E-state index >= 15 is 0 Å². The van der Waals surface area contributed by atoms with Gasteiger partial charge in [0.15, 0.2) is 11.2 Å². The number of unbranched alkanes of at least 4 members (excludes halogenated alkanes) is 2. The predicted molar refractivity (Wildman–Crippen MR) is 85.7 cm³/mol. The second-order valence-electron chi connectivity index (χ2n) is 5.60. The summed E-state index contributed by atoms with van der Waals surface area (Å²) >= 11 is 0. The van der Waals surface area contributed by atoms with Crippen LogP contribution in [0.5, 0.6) is 0 Å². The SMILES string of the molecule is CCn1c(CCCCCC(=O)O)nc2c1c(=O)n(C)c(=O)n2C. The molecule has 0 atom stereocenters. The fourth-order valence-electron chi connectivity index (χ4n) is 2.76. The van der Waals surface area contributed by atoms with Crippen LogP contribution >= 0.6 is 0 Å². The van der Waals surface area contributed by atoms with E-state index in [9.17, 15) is 14.4 Å². The molecule has 0 bridgehead atoms. The Morgan fingerprint density at radius 2 is 1.83 bits per heavy atom. The van der Waals surface area contributed by atoms with E-state index < -0.39 is 11.7 Å². The number of aliphatic carboxylic acids is 1. The van der Waals surface area contributed by atoms with Crippen molar-refractivity contribution in [2.24, 2.45) is 14.1 Å². The Kier molecular flexibility index (Phi) is 5.02. The number of imidazole rings is 1. The topological polar surface area (TPSA) is 99.1 Å². The standard InChI is InChI=1S/C15H22N4O4/c1-4-19-10(8-6-5-7-9-11(20)21)16-13-12(19)14(22)18(3)15(23)17(13)2/h4-9H2,1-3H3,(H,20,21). The Morgan fingerprint density at radius 3 is 2.43 bits per heavy atom. The maximum Gasteiger partial charge on any atom is 0.332 e. The average Bonchev–Trinajstić information content (AvgIpc) is 2.88. The van der Waals surface area contributed by atoms with Crippen molar-refractivity contribution in [1.29, 1.82) is 0 Å². The van der Waals surface area contributed by atoms with Crippen molar-refractivity contribution in [1.82, 2.24) is 18.7 Å². The van der Waals surface area contributed by atoms with E-state index in [0.29, 0.717) is 30.6 Å². The maximum absolute atomic E-state index is 12.4. The van der Waals surface area contributed by atoms with Crippen LogP contribution in [-0.4, -0.2) is 29.8 Å². The Balaban J connectivity index is 2.33. The number of rotatable bonds is 7. The van der Waals surface area contributed by atoms with Gasteiger partial charge in [-0.1, -0.05) is 6.42 Å². The van der Waals surface area contributed by atoms with E-state index in [1.54, 1.807) is 7.05 Å². The van der Waals surface area contributed by atoms with Gasteiger partial charge in [0.1, 0.15) is 5.82 Å². The molecule has 8 heteroatoms. The zero-order valence-electron chi connectivity index (χ0n) is 13.7. The molecule has 2 heterocycles. The number of hydrogen-bond acceptors (Lipinski definition) is 4. The number of aromatic nitrogens is 4. The molecule has 0 saturated heterocycles. The minimum absolute atomic E-state index is 0.166. The molecule has 0 aliphatic rings. The fraction of sp³-hybridized carbons (Fsp3) is 0.600. The van der Waals surface area contributed by atoms with Gasteiger partial charge in [-0.3, -0.25) is 18.7 Å². The van der Waals surface area contributed by atoms with E-state index in [1.165, 1.54) is 11.6 Å². The average molecular weight is 322 g/mol. The molecule has 0 fully saturated rings. The summed E-state index contributed by atoms with van der Waals surface area (Å²) in [5, 5.41) is 8.63. The Bertz CT molecular complexity index is 844. The Labute approximate surface area is 133 Å². The van der Waals surface area contributed by atoms with E-state index in [4.69, 9.17) is 5.11 Å². The van der Waals surface area contributed by atoms with Gasteiger partial charge in [-0.05, 0) is 19.8 Å². The van der Waals surface area contributed by atoms with Crippen molar-refractivity contribution in [3.63, 3.8) is 0 Å². The van der Waals surface area contributed by atoms with Crippen molar-refractivity contribution in [3.05, 3.63) is 26.7 Å². The predicted octanol–water partition coefficient (Wildman–Crippen LogP) is 0.641. The van der Waals surface area contributed by atoms with Gasteiger partial charge in [-0.15, -0.1) is 0 Å². The largest absolute Gasteiger partial charge is 0.481 e. The van der Waals surface area contributed by atoms with Gasteiger partial charge in [0.2, 0.25) is 0 Å². The van der Waals surface area contributed by atoms with Gasteiger partial charge < -0.3 is 9.67 Å². The summed E-state index contributed by atoms with van der Waals surface area (Å²) in [6, 6.07) is 0. The first-order chi connectivity index (χ1) is 10.9. The third kappa shape index (κ3) is 3.20. The summed E-state index contributed by atoms with van der Waals surface area (Å²) in [7, 11) is 3.07. The third-order valence-corrected chi connectivity index (χ3v) is 4.03. The first-order valence-electron chi connectivity index (χ1n) is 7.75. The monoisotopic (exact) mass is 322 g/mol. The van der Waals surface area contributed by atoms with E-state index in [2.05, 4.69) is 4.98 Å². The van der Waals surface area contributed by atoms with E-state index in [1.807, 2.05) is 11.5 Å². The lowest BCUT2D eigenvalue weighted by atomic mass is 10.1. The summed E-state index contributed by atoms with van der Waals surface area (Å²) in [6.07, 6.45) is 3.03. The highest BCUT2D eigenvalue weighted by Gasteiger charge is 2.17. The second-order valence-corrected chi connectivity index (χ2v) is 5.60. The molecule has 0 amide bonds. The highest BCUT2D eigenvalue weighted by molar-refractivity contribution is 5.71. The molecule has 2 aromatic rings. The van der Waals surface area contributed by atoms with Gasteiger partial charge in [0.05, 0.1) is 0 Å². The molecule has 23 heavy (non-hydrogen) atoms. The maximum atomic E-state index is 12.4. The van der Waals surface area contributed by atoms with Crippen LogP contribution in [0.2, 0.25) is 0 Å². The molecule has 0 radical (unpaired) electrons. The number of carboxylic acid groups (broad SMARTS) is 1. The third-order valence-electron chi connectivity index (χ3n) is 4.03. The first kappa shape index (κ1) is 17.0. The molecule has 2 rings (SSSR count). The van der Waals surface area contributed by atoms with Crippen molar-refractivity contribution in [2.75, 3.05) is 0 Å². The molecule has 1 N–H and O–H groups in total. The van der Waals surface area contributed by atoms with Crippen LogP contribution < -0.4 is 11.2 Å². The van der Waals surface area contributed by atoms with Crippen molar-refractivity contribution in [2.45, 2.75) is 45.6 Å². The smallest absolute Gasteiger partial charge is 0.332 e. The summed E-state index contributed by atoms with van der Waals surface area (Å²) in [5.41, 5.74) is 0.115. The number of fused-ring (bicyclic) bond motifs is 1. The van der Waals surface area contributed by atoms with Gasteiger partial charge in [0.25, 0.3) is 5.56 Å². The van der Waals surface area contributed by atoms with Gasteiger partial charge in [-0.25, -0.2) is 9.78 Å². The number of carboxylic acids is 1. The summed E-state index contributed by atoms with van der Waals surface area (Å²) in [4.78, 5) is 39.3. The zero-order valence-corrected chi connectivity index (χ0v) is 13.7. The molecular weight excluding hydrogens is 300 g/mol. The molecular formula is C15H22N4O4. The van der Waals surface area contributed by atoms with E-state index in [-0.39, 0.29) is 12.0 Å². The second kappa shape index (κ2) is 6.80. The number of aryl methyl sites for hydroxylation is 3. The lowest BCUT2D eigenvalue weighted by Crippen LogP contribution is -2.37. The molecule has 0 aliphatic heterocycles. The minimum atomic E-state index is -0.788. The minimum Gasteiger partial charge on any atom is -0.481 e. The molecule has 126 valence electrons. The summed E-state index contributed by atoms with van der Waals surface area (Å²) < 4.78 is 4.32. The molecule has 8 nitrogen and oxygen atoms in total. The molecule has 0 unspecified atom stereocenters. The molecule has 0 aliphatic carbocycles. The molecule has 2 aromatic heterocycles.